The third-order valence-corrected chi connectivity index (χ3v) is 6.90. The van der Waals surface area contributed by atoms with Gasteiger partial charge in [-0.1, -0.05) is 54.6 Å². The SMILES string of the molecule is Cc1c(NC(=O)C2CCCN(C(=O)c3cccc4ccccc34)C2)c(=O)n(-c2ccccc2)n1C. The number of amides is 2. The van der Waals surface area contributed by atoms with Crippen LogP contribution < -0.4 is 10.9 Å². The van der Waals surface area contributed by atoms with Crippen LogP contribution in [0.2, 0.25) is 0 Å². The highest BCUT2D eigenvalue weighted by atomic mass is 16.2. The number of fused-ring (bicyclic) bond motifs is 1. The average molecular weight is 469 g/mol. The zero-order valence-electron chi connectivity index (χ0n) is 19.9. The summed E-state index contributed by atoms with van der Waals surface area (Å²) in [5.74, 6) is -0.681. The fraction of sp³-hybridized carbons (Fsp3) is 0.250. The Labute approximate surface area is 203 Å². The number of para-hydroxylation sites is 1. The van der Waals surface area contributed by atoms with E-state index in [9.17, 15) is 14.4 Å². The lowest BCUT2D eigenvalue weighted by atomic mass is 9.95. The lowest BCUT2D eigenvalue weighted by molar-refractivity contribution is -0.121. The molecule has 2 amide bonds. The number of benzene rings is 3. The number of hydrogen-bond donors (Lipinski definition) is 1. The molecule has 7 heteroatoms. The average Bonchev–Trinajstić information content (AvgIpc) is 3.11. The maximum absolute atomic E-state index is 13.4. The number of carbonyl (C=O) groups is 2. The van der Waals surface area contributed by atoms with Gasteiger partial charge in [-0.25, -0.2) is 4.68 Å². The van der Waals surface area contributed by atoms with Crippen LogP contribution in [0.25, 0.3) is 16.5 Å². The van der Waals surface area contributed by atoms with Crippen molar-refractivity contribution in [1.82, 2.24) is 14.3 Å². The minimum absolute atomic E-state index is 0.0679. The van der Waals surface area contributed by atoms with E-state index in [1.807, 2.05) is 79.7 Å². The number of likely N-dealkylation sites (tertiary alicyclic amines) is 1. The molecule has 1 aromatic heterocycles. The first-order valence-electron chi connectivity index (χ1n) is 11.9. The standard InChI is InChI=1S/C28H28N4O3/c1-19-25(28(35)32(30(19)2)22-13-4-3-5-14-22)29-26(33)21-12-9-17-31(18-21)27(34)24-16-8-11-20-10-6-7-15-23(20)24/h3-8,10-11,13-16,21H,9,12,17-18H2,1-2H3,(H,29,33). The Morgan fingerprint density at radius 3 is 2.46 bits per heavy atom. The van der Waals surface area contributed by atoms with Crippen molar-refractivity contribution in [2.75, 3.05) is 18.4 Å². The number of rotatable bonds is 4. The van der Waals surface area contributed by atoms with Gasteiger partial charge in [0.15, 0.2) is 0 Å². The summed E-state index contributed by atoms with van der Waals surface area (Å²) >= 11 is 0. The van der Waals surface area contributed by atoms with Crippen LogP contribution >= 0.6 is 0 Å². The van der Waals surface area contributed by atoms with E-state index in [0.717, 1.165) is 22.9 Å². The predicted octanol–water partition coefficient (Wildman–Crippen LogP) is 4.13. The van der Waals surface area contributed by atoms with Gasteiger partial charge < -0.3 is 10.2 Å². The Kier molecular flexibility index (Phi) is 5.99. The van der Waals surface area contributed by atoms with E-state index in [2.05, 4.69) is 5.32 Å². The van der Waals surface area contributed by atoms with Gasteiger partial charge in [-0.15, -0.1) is 0 Å². The summed E-state index contributed by atoms with van der Waals surface area (Å²) in [5, 5.41) is 4.80. The fourth-order valence-corrected chi connectivity index (χ4v) is 4.90. The van der Waals surface area contributed by atoms with Crippen molar-refractivity contribution in [3.8, 4) is 5.69 Å². The van der Waals surface area contributed by atoms with Crippen molar-refractivity contribution in [3.63, 3.8) is 0 Å². The Balaban J connectivity index is 1.36. The van der Waals surface area contributed by atoms with Crippen molar-refractivity contribution < 1.29 is 9.59 Å². The second kappa shape index (κ2) is 9.25. The molecular formula is C28H28N4O3. The number of anilines is 1. The Bertz CT molecular complexity index is 1460. The van der Waals surface area contributed by atoms with Crippen molar-refractivity contribution in [2.45, 2.75) is 19.8 Å². The Morgan fingerprint density at radius 2 is 1.66 bits per heavy atom. The zero-order valence-corrected chi connectivity index (χ0v) is 19.9. The molecule has 178 valence electrons. The van der Waals surface area contributed by atoms with E-state index in [4.69, 9.17) is 0 Å². The van der Waals surface area contributed by atoms with Gasteiger partial charge in [0, 0.05) is 25.7 Å². The monoisotopic (exact) mass is 468 g/mol. The van der Waals surface area contributed by atoms with Crippen LogP contribution in [0, 0.1) is 12.8 Å². The molecule has 0 spiro atoms. The summed E-state index contributed by atoms with van der Waals surface area (Å²) in [6, 6.07) is 22.9. The first kappa shape index (κ1) is 22.7. The van der Waals surface area contributed by atoms with Crippen molar-refractivity contribution in [1.29, 1.82) is 0 Å². The quantitative estimate of drug-likeness (QED) is 0.489. The normalized spacial score (nSPS) is 15.8. The maximum Gasteiger partial charge on any atom is 0.295 e. The van der Waals surface area contributed by atoms with Crippen molar-refractivity contribution in [2.24, 2.45) is 13.0 Å². The summed E-state index contributed by atoms with van der Waals surface area (Å²) in [6.07, 6.45) is 1.40. The molecule has 3 aromatic carbocycles. The Hall–Kier alpha value is -4.13. The van der Waals surface area contributed by atoms with E-state index in [-0.39, 0.29) is 29.0 Å². The number of nitrogens with one attached hydrogen (secondary N) is 1. The molecule has 1 atom stereocenters. The summed E-state index contributed by atoms with van der Waals surface area (Å²) in [5.41, 5.74) is 2.05. The smallest absolute Gasteiger partial charge is 0.295 e. The third kappa shape index (κ3) is 4.14. The van der Waals surface area contributed by atoms with E-state index in [1.54, 1.807) is 21.3 Å². The van der Waals surface area contributed by atoms with Gasteiger partial charge in [0.05, 0.1) is 17.3 Å². The van der Waals surface area contributed by atoms with E-state index in [1.165, 1.54) is 0 Å². The Morgan fingerprint density at radius 1 is 0.943 bits per heavy atom. The number of aromatic nitrogens is 2. The lowest BCUT2D eigenvalue weighted by Crippen LogP contribution is -2.44. The molecule has 0 saturated carbocycles. The minimum atomic E-state index is -0.383. The maximum atomic E-state index is 13.4. The van der Waals surface area contributed by atoms with Crippen LogP contribution in [-0.4, -0.2) is 39.2 Å². The third-order valence-electron chi connectivity index (χ3n) is 6.90. The molecule has 0 aliphatic carbocycles. The summed E-state index contributed by atoms with van der Waals surface area (Å²) in [7, 11) is 1.80. The number of piperidine rings is 1. The first-order valence-corrected chi connectivity index (χ1v) is 11.9. The van der Waals surface area contributed by atoms with Gasteiger partial charge in [0.25, 0.3) is 11.5 Å². The minimum Gasteiger partial charge on any atom is -0.338 e. The second-order valence-corrected chi connectivity index (χ2v) is 9.04. The van der Waals surface area contributed by atoms with Crippen LogP contribution in [0.15, 0.2) is 77.6 Å². The molecule has 0 radical (unpaired) electrons. The summed E-state index contributed by atoms with van der Waals surface area (Å²) in [6.45, 7) is 2.75. The topological polar surface area (TPSA) is 76.3 Å². The van der Waals surface area contributed by atoms with Crippen LogP contribution in [0.1, 0.15) is 28.9 Å². The molecule has 1 fully saturated rings. The van der Waals surface area contributed by atoms with Gasteiger partial charge >= 0.3 is 0 Å². The molecule has 7 nitrogen and oxygen atoms in total. The zero-order chi connectivity index (χ0) is 24.5. The van der Waals surface area contributed by atoms with Gasteiger partial charge in [-0.2, -0.15) is 0 Å². The molecule has 5 rings (SSSR count). The summed E-state index contributed by atoms with van der Waals surface area (Å²) in [4.78, 5) is 41.6. The molecular weight excluding hydrogens is 440 g/mol. The summed E-state index contributed by atoms with van der Waals surface area (Å²) < 4.78 is 3.28. The van der Waals surface area contributed by atoms with E-state index >= 15 is 0 Å². The second-order valence-electron chi connectivity index (χ2n) is 9.04. The van der Waals surface area contributed by atoms with E-state index in [0.29, 0.717) is 30.8 Å². The van der Waals surface area contributed by atoms with Crippen LogP contribution in [0.4, 0.5) is 5.69 Å². The van der Waals surface area contributed by atoms with Crippen molar-refractivity contribution in [3.05, 3.63) is 94.4 Å². The highest BCUT2D eigenvalue weighted by Crippen LogP contribution is 2.25. The van der Waals surface area contributed by atoms with Gasteiger partial charge in [0.1, 0.15) is 5.69 Å². The predicted molar refractivity (Wildman–Crippen MR) is 137 cm³/mol. The van der Waals surface area contributed by atoms with Crippen LogP contribution in [-0.2, 0) is 11.8 Å². The molecule has 1 saturated heterocycles. The number of carbonyl (C=O) groups excluding carboxylic acids is 2. The molecule has 0 bridgehead atoms. The highest BCUT2D eigenvalue weighted by Gasteiger charge is 2.31. The molecule has 1 aliphatic heterocycles. The highest BCUT2D eigenvalue weighted by molar-refractivity contribution is 6.07. The first-order chi connectivity index (χ1) is 17.0. The van der Waals surface area contributed by atoms with Gasteiger partial charge in [-0.3, -0.25) is 19.1 Å². The van der Waals surface area contributed by atoms with E-state index < -0.39 is 0 Å². The molecule has 2 heterocycles. The largest absolute Gasteiger partial charge is 0.338 e. The number of nitrogens with zero attached hydrogens (tertiary/aromatic N) is 3. The molecule has 1 unspecified atom stereocenters. The fourth-order valence-electron chi connectivity index (χ4n) is 4.90. The van der Waals surface area contributed by atoms with Crippen LogP contribution in [0.3, 0.4) is 0 Å². The number of hydrogen-bond acceptors (Lipinski definition) is 3. The van der Waals surface area contributed by atoms with Gasteiger partial charge in [-0.05, 0) is 48.7 Å². The van der Waals surface area contributed by atoms with Crippen LogP contribution in [0.5, 0.6) is 0 Å². The molecule has 35 heavy (non-hydrogen) atoms. The van der Waals surface area contributed by atoms with Gasteiger partial charge in [0.2, 0.25) is 5.91 Å². The van der Waals surface area contributed by atoms with Crippen molar-refractivity contribution >= 4 is 28.3 Å². The molecule has 1 aliphatic rings. The lowest BCUT2D eigenvalue weighted by Gasteiger charge is -2.32. The molecule has 4 aromatic rings. The molecule has 1 N–H and O–H groups in total.